The van der Waals surface area contributed by atoms with E-state index in [1.165, 1.54) is 54.1 Å². The van der Waals surface area contributed by atoms with Crippen molar-refractivity contribution < 1.29 is 23.9 Å². The zero-order chi connectivity index (χ0) is 27.7. The molecule has 1 aromatic carbocycles. The van der Waals surface area contributed by atoms with Crippen LogP contribution in [0.4, 0.5) is 10.2 Å². The first-order chi connectivity index (χ1) is 18.6. The van der Waals surface area contributed by atoms with Crippen LogP contribution in [0.2, 0.25) is 0 Å². The van der Waals surface area contributed by atoms with E-state index in [-0.39, 0.29) is 29.8 Å². The van der Waals surface area contributed by atoms with E-state index in [0.717, 1.165) is 12.8 Å². The lowest BCUT2D eigenvalue weighted by Gasteiger charge is -2.37. The summed E-state index contributed by atoms with van der Waals surface area (Å²) >= 11 is 0. The fraction of sp³-hybridized carbons (Fsp3) is 0.333. The highest BCUT2D eigenvalue weighted by Crippen LogP contribution is 2.43. The number of nitrogens with one attached hydrogen (secondary N) is 3. The monoisotopic (exact) mass is 534 g/mol. The van der Waals surface area contributed by atoms with Gasteiger partial charge in [-0.15, -0.1) is 0 Å². The van der Waals surface area contributed by atoms with Gasteiger partial charge in [-0.3, -0.25) is 23.7 Å². The number of carbonyl (C=O) groups excluding carboxylic acids is 3. The summed E-state index contributed by atoms with van der Waals surface area (Å²) in [6.07, 6.45) is 3.76. The molecule has 0 spiro atoms. The molecular formula is C27H27FN6O5. The van der Waals surface area contributed by atoms with Gasteiger partial charge in [0, 0.05) is 26.2 Å². The number of aromatic hydroxyl groups is 1. The third kappa shape index (κ3) is 5.22. The number of rotatable bonds is 6. The van der Waals surface area contributed by atoms with E-state index in [1.807, 2.05) is 0 Å². The third-order valence-electron chi connectivity index (χ3n) is 7.24. The molecule has 4 N–H and O–H groups in total. The number of amides is 3. The number of benzene rings is 1. The Hall–Kier alpha value is -4.61. The Morgan fingerprint density at radius 3 is 2.46 bits per heavy atom. The van der Waals surface area contributed by atoms with Gasteiger partial charge in [0.15, 0.2) is 5.69 Å². The van der Waals surface area contributed by atoms with Gasteiger partial charge < -0.3 is 21.1 Å². The average molecular weight is 535 g/mol. The highest BCUT2D eigenvalue weighted by Gasteiger charge is 2.46. The predicted octanol–water partition coefficient (Wildman–Crippen LogP) is 2.20. The van der Waals surface area contributed by atoms with Gasteiger partial charge in [-0.1, -0.05) is 12.1 Å². The van der Waals surface area contributed by atoms with Crippen molar-refractivity contribution in [3.63, 3.8) is 0 Å². The smallest absolute Gasteiger partial charge is 0.296 e. The number of hydrogen-bond donors (Lipinski definition) is 4. The molecule has 3 aromatic rings. The molecule has 3 aliphatic rings. The molecule has 12 heteroatoms. The molecule has 0 unspecified atom stereocenters. The normalized spacial score (nSPS) is 19.5. The summed E-state index contributed by atoms with van der Waals surface area (Å²) in [6.45, 7) is 1.70. The van der Waals surface area contributed by atoms with Gasteiger partial charge in [0.05, 0.1) is 11.1 Å². The van der Waals surface area contributed by atoms with Crippen molar-refractivity contribution in [2.24, 2.45) is 5.92 Å². The maximum Gasteiger partial charge on any atom is 0.296 e. The molecule has 11 nitrogen and oxygen atoms in total. The fourth-order valence-corrected chi connectivity index (χ4v) is 5.19. The molecule has 39 heavy (non-hydrogen) atoms. The number of halogens is 1. The molecule has 3 amide bonds. The molecule has 1 saturated carbocycles. The van der Waals surface area contributed by atoms with E-state index in [0.29, 0.717) is 30.8 Å². The predicted molar refractivity (Wildman–Crippen MR) is 137 cm³/mol. The molecule has 2 bridgehead atoms. The molecule has 1 fully saturated rings. The topological polar surface area (TPSA) is 155 Å². The lowest BCUT2D eigenvalue weighted by molar-refractivity contribution is -0.114. The van der Waals surface area contributed by atoms with Crippen molar-refractivity contribution >= 4 is 23.5 Å². The second-order valence-electron chi connectivity index (χ2n) is 9.95. The van der Waals surface area contributed by atoms with E-state index in [2.05, 4.69) is 25.9 Å². The van der Waals surface area contributed by atoms with Crippen LogP contribution in [0.1, 0.15) is 64.8 Å². The third-order valence-corrected chi connectivity index (χ3v) is 7.24. The molecule has 2 aliphatic heterocycles. The van der Waals surface area contributed by atoms with Gasteiger partial charge in [0.25, 0.3) is 17.4 Å². The van der Waals surface area contributed by atoms with Crippen LogP contribution in [0.15, 0.2) is 47.4 Å². The summed E-state index contributed by atoms with van der Waals surface area (Å²) in [7, 11) is 0. The van der Waals surface area contributed by atoms with Gasteiger partial charge in [0.1, 0.15) is 17.5 Å². The van der Waals surface area contributed by atoms with E-state index in [4.69, 9.17) is 0 Å². The number of pyridine rings is 1. The van der Waals surface area contributed by atoms with Crippen molar-refractivity contribution in [3.8, 4) is 5.75 Å². The Bertz CT molecular complexity index is 1490. The molecular weight excluding hydrogens is 507 g/mol. The molecule has 1 aliphatic carbocycles. The first-order valence-electron chi connectivity index (χ1n) is 12.6. The van der Waals surface area contributed by atoms with Crippen LogP contribution in [0, 0.1) is 11.7 Å². The van der Waals surface area contributed by atoms with Crippen LogP contribution in [0.25, 0.3) is 0 Å². The Morgan fingerprint density at radius 2 is 1.82 bits per heavy atom. The minimum absolute atomic E-state index is 0.0318. The van der Waals surface area contributed by atoms with Gasteiger partial charge >= 0.3 is 0 Å². The number of anilines is 1. The first kappa shape index (κ1) is 26.0. The van der Waals surface area contributed by atoms with Gasteiger partial charge in [0.2, 0.25) is 11.7 Å². The van der Waals surface area contributed by atoms with E-state index < -0.39 is 40.2 Å². The zero-order valence-corrected chi connectivity index (χ0v) is 21.2. The van der Waals surface area contributed by atoms with Crippen LogP contribution >= 0.6 is 0 Å². The molecule has 4 heterocycles. The van der Waals surface area contributed by atoms with Crippen LogP contribution in [0.3, 0.4) is 0 Å². The SMILES string of the molecule is CC(=O)Nc1ccc(C(=O)NC23CCC(CC2)Cn2c3nc(C(=O)NCc3ccc(F)cc3)c(O)c2=O)cn1. The summed E-state index contributed by atoms with van der Waals surface area (Å²) in [5, 5.41) is 18.8. The lowest BCUT2D eigenvalue weighted by Crippen LogP contribution is -2.50. The molecule has 0 atom stereocenters. The molecule has 202 valence electrons. The Labute approximate surface area is 222 Å². The van der Waals surface area contributed by atoms with Crippen molar-refractivity contribution in [3.05, 3.63) is 81.4 Å². The fourth-order valence-electron chi connectivity index (χ4n) is 5.19. The second kappa shape index (κ2) is 10.3. The summed E-state index contributed by atoms with van der Waals surface area (Å²) in [4.78, 5) is 59.4. The number of aromatic nitrogens is 3. The quantitative estimate of drug-likeness (QED) is 0.378. The number of carbonyl (C=O) groups is 3. The highest BCUT2D eigenvalue weighted by molar-refractivity contribution is 5.96. The van der Waals surface area contributed by atoms with Crippen molar-refractivity contribution in [2.75, 3.05) is 5.32 Å². The minimum Gasteiger partial charge on any atom is -0.501 e. The maximum absolute atomic E-state index is 13.3. The number of fused-ring (bicyclic) bond motifs is 2. The van der Waals surface area contributed by atoms with Crippen LogP contribution in [0.5, 0.6) is 5.75 Å². The van der Waals surface area contributed by atoms with Gasteiger partial charge in [-0.2, -0.15) is 0 Å². The molecule has 2 aromatic heterocycles. The summed E-state index contributed by atoms with van der Waals surface area (Å²) in [5.41, 5.74) is -1.36. The van der Waals surface area contributed by atoms with Crippen molar-refractivity contribution in [2.45, 2.75) is 51.2 Å². The summed E-state index contributed by atoms with van der Waals surface area (Å²) < 4.78 is 14.6. The average Bonchev–Trinajstić information content (AvgIpc) is 3.16. The van der Waals surface area contributed by atoms with Crippen LogP contribution in [-0.4, -0.2) is 37.4 Å². The Kier molecular flexibility index (Phi) is 6.85. The summed E-state index contributed by atoms with van der Waals surface area (Å²) in [6, 6.07) is 8.58. The largest absolute Gasteiger partial charge is 0.501 e. The van der Waals surface area contributed by atoms with Crippen LogP contribution < -0.4 is 21.5 Å². The molecule has 0 saturated heterocycles. The molecule has 6 rings (SSSR count). The van der Waals surface area contributed by atoms with Crippen LogP contribution in [-0.2, 0) is 23.4 Å². The highest BCUT2D eigenvalue weighted by atomic mass is 19.1. The Balaban J connectivity index is 1.45. The van der Waals surface area contributed by atoms with Gasteiger partial charge in [-0.25, -0.2) is 14.4 Å². The standard InChI is InChI=1S/C27H27FN6O5/c1-15(35)31-20-7-4-18(13-29-20)23(37)33-27-10-8-17(9-11-27)14-34-25(39)22(36)21(32-26(27)34)24(38)30-12-16-2-5-19(28)6-3-16/h2-7,13,17,36H,8-12,14H2,1H3,(H,30,38)(H,33,37)(H,29,31,35). The summed E-state index contributed by atoms with van der Waals surface area (Å²) in [5.74, 6) is -2.01. The number of nitrogens with zero attached hydrogens (tertiary/aromatic N) is 3. The Morgan fingerprint density at radius 1 is 1.10 bits per heavy atom. The number of hydrogen-bond acceptors (Lipinski definition) is 7. The van der Waals surface area contributed by atoms with E-state index in [1.54, 1.807) is 0 Å². The van der Waals surface area contributed by atoms with Crippen molar-refractivity contribution in [1.29, 1.82) is 0 Å². The zero-order valence-electron chi connectivity index (χ0n) is 21.2. The minimum atomic E-state index is -1.04. The first-order valence-corrected chi connectivity index (χ1v) is 12.6. The lowest BCUT2D eigenvalue weighted by atomic mass is 9.77. The van der Waals surface area contributed by atoms with E-state index in [9.17, 15) is 28.7 Å². The van der Waals surface area contributed by atoms with Gasteiger partial charge in [-0.05, 0) is 61.4 Å². The second-order valence-corrected chi connectivity index (χ2v) is 9.95. The van der Waals surface area contributed by atoms with Crippen molar-refractivity contribution in [1.82, 2.24) is 25.2 Å². The molecule has 0 radical (unpaired) electrons. The maximum atomic E-state index is 13.3. The van der Waals surface area contributed by atoms with E-state index >= 15 is 0 Å².